The summed E-state index contributed by atoms with van der Waals surface area (Å²) in [6.07, 6.45) is 4.54. The lowest BCUT2D eigenvalue weighted by Crippen LogP contribution is -2.29. The molecule has 0 aliphatic carbocycles. The standard InChI is InChI=1S/C6H16N2.CH5N3.HNO3/c1-2-3-4-5-6(7)8;2*2-1(3)4/h6H,2-5,7-8H2,1H3;(H5,2,3,4);(H,2,3,4). The van der Waals surface area contributed by atoms with Crippen LogP contribution in [0.15, 0.2) is 0 Å². The summed E-state index contributed by atoms with van der Waals surface area (Å²) in [5.74, 6) is -0.333. The van der Waals surface area contributed by atoms with Crippen LogP contribution >= 0.6 is 0 Å². The van der Waals surface area contributed by atoms with Crippen LogP contribution in [-0.2, 0) is 0 Å². The van der Waals surface area contributed by atoms with Gasteiger partial charge in [0.2, 0.25) is 0 Å². The Morgan fingerprint density at radius 3 is 1.94 bits per heavy atom. The molecule has 0 rings (SSSR count). The monoisotopic (exact) mass is 238 g/mol. The van der Waals surface area contributed by atoms with Crippen LogP contribution in [0.3, 0.4) is 0 Å². The molecule has 0 amide bonds. The van der Waals surface area contributed by atoms with Crippen LogP contribution in [0, 0.1) is 15.5 Å². The maximum absolute atomic E-state index is 8.36. The fourth-order valence-electron chi connectivity index (χ4n) is 0.630. The van der Waals surface area contributed by atoms with Crippen LogP contribution in [0.25, 0.3) is 0 Å². The molecular formula is C7H22N6O3. The van der Waals surface area contributed by atoms with Gasteiger partial charge < -0.3 is 28.1 Å². The lowest BCUT2D eigenvalue weighted by atomic mass is 10.2. The lowest BCUT2D eigenvalue weighted by Gasteiger charge is -2.01. The first kappa shape index (κ1) is 19.9. The van der Waals surface area contributed by atoms with Crippen LogP contribution in [0.4, 0.5) is 0 Å². The van der Waals surface area contributed by atoms with Crippen molar-refractivity contribution in [1.82, 2.24) is 0 Å². The zero-order valence-corrected chi connectivity index (χ0v) is 9.43. The van der Waals surface area contributed by atoms with Crippen LogP contribution in [0.1, 0.15) is 32.6 Å². The molecule has 0 bridgehead atoms. The summed E-state index contributed by atoms with van der Waals surface area (Å²) in [7, 11) is 0. The molecule has 0 heterocycles. The van der Waals surface area contributed by atoms with Gasteiger partial charge in [-0.05, 0) is 6.42 Å². The van der Waals surface area contributed by atoms with E-state index in [1.54, 1.807) is 0 Å². The first-order valence-electron chi connectivity index (χ1n) is 4.67. The van der Waals surface area contributed by atoms with Crippen LogP contribution in [-0.4, -0.2) is 22.4 Å². The second kappa shape index (κ2) is 15.8. The summed E-state index contributed by atoms with van der Waals surface area (Å²) in [5.41, 5.74) is 19.6. The average Bonchev–Trinajstić information content (AvgIpc) is 2.01. The van der Waals surface area contributed by atoms with Gasteiger partial charge in [0.05, 0.1) is 6.17 Å². The van der Waals surface area contributed by atoms with E-state index in [-0.39, 0.29) is 12.1 Å². The first-order chi connectivity index (χ1) is 7.23. The second-order valence-corrected chi connectivity index (χ2v) is 2.85. The molecule has 0 aliphatic heterocycles. The predicted octanol–water partition coefficient (Wildman–Crippen LogP) is -0.699. The van der Waals surface area contributed by atoms with Gasteiger partial charge in [-0.3, -0.25) is 5.41 Å². The van der Waals surface area contributed by atoms with Crippen molar-refractivity contribution >= 4 is 5.96 Å². The Bertz CT molecular complexity index is 156. The highest BCUT2D eigenvalue weighted by Crippen LogP contribution is 1.97. The molecule has 0 aliphatic rings. The van der Waals surface area contributed by atoms with E-state index in [4.69, 9.17) is 32.2 Å². The molecule has 0 spiro atoms. The number of hydrogen-bond acceptors (Lipinski definition) is 5. The third-order valence-electron chi connectivity index (χ3n) is 1.14. The fraction of sp³-hybridized carbons (Fsp3) is 0.857. The molecule has 0 atom stereocenters. The van der Waals surface area contributed by atoms with Crippen molar-refractivity contribution in [2.45, 2.75) is 38.8 Å². The van der Waals surface area contributed by atoms with Gasteiger partial charge in [0.1, 0.15) is 0 Å². The van der Waals surface area contributed by atoms with Gasteiger partial charge in [-0.25, -0.2) is 0 Å². The molecular weight excluding hydrogens is 216 g/mol. The van der Waals surface area contributed by atoms with Crippen molar-refractivity contribution in [2.24, 2.45) is 22.9 Å². The average molecular weight is 238 g/mol. The van der Waals surface area contributed by atoms with E-state index in [2.05, 4.69) is 18.4 Å². The molecule has 98 valence electrons. The SMILES string of the molecule is CCCCCC(N)N.N=C(N)N.O=[N+]([O-])O. The molecule has 0 aromatic carbocycles. The number of nitrogens with one attached hydrogen (secondary N) is 1. The van der Waals surface area contributed by atoms with Gasteiger partial charge in [-0.1, -0.05) is 26.2 Å². The Morgan fingerprint density at radius 2 is 1.75 bits per heavy atom. The van der Waals surface area contributed by atoms with Gasteiger partial charge >= 0.3 is 0 Å². The van der Waals surface area contributed by atoms with Gasteiger partial charge in [0.25, 0.3) is 5.09 Å². The summed E-state index contributed by atoms with van der Waals surface area (Å²) in [6, 6.07) is 0. The number of unbranched alkanes of at least 4 members (excludes halogenated alkanes) is 2. The number of nitrogens with two attached hydrogens (primary N) is 4. The fourth-order valence-corrected chi connectivity index (χ4v) is 0.630. The van der Waals surface area contributed by atoms with Gasteiger partial charge in [-0.2, -0.15) is 0 Å². The predicted molar refractivity (Wildman–Crippen MR) is 61.2 cm³/mol. The third-order valence-corrected chi connectivity index (χ3v) is 1.14. The van der Waals surface area contributed by atoms with E-state index >= 15 is 0 Å². The number of hydrogen-bond donors (Lipinski definition) is 6. The highest BCUT2D eigenvalue weighted by Gasteiger charge is 1.90. The zero-order chi connectivity index (χ0) is 13.6. The highest BCUT2D eigenvalue weighted by molar-refractivity contribution is 5.71. The van der Waals surface area contributed by atoms with Crippen molar-refractivity contribution in [2.75, 3.05) is 0 Å². The molecule has 0 saturated heterocycles. The second-order valence-electron chi connectivity index (χ2n) is 2.85. The topological polar surface area (TPSA) is 191 Å². The molecule has 0 aromatic heterocycles. The van der Waals surface area contributed by atoms with Crippen molar-refractivity contribution in [1.29, 1.82) is 5.41 Å². The summed E-state index contributed by atoms with van der Waals surface area (Å²) in [5, 5.41) is 19.7. The van der Waals surface area contributed by atoms with E-state index in [1.165, 1.54) is 19.3 Å². The molecule has 0 saturated carbocycles. The zero-order valence-electron chi connectivity index (χ0n) is 9.43. The minimum Gasteiger partial charge on any atom is -0.370 e. The molecule has 0 radical (unpaired) electrons. The number of rotatable bonds is 4. The summed E-state index contributed by atoms with van der Waals surface area (Å²) >= 11 is 0. The molecule has 10 N–H and O–H groups in total. The van der Waals surface area contributed by atoms with E-state index < -0.39 is 5.09 Å². The Balaban J connectivity index is -0.000000179. The summed E-state index contributed by atoms with van der Waals surface area (Å²) < 4.78 is 0. The van der Waals surface area contributed by atoms with Gasteiger partial charge in [0.15, 0.2) is 5.96 Å². The Kier molecular flexibility index (Phi) is 19.7. The molecule has 0 unspecified atom stereocenters. The van der Waals surface area contributed by atoms with Crippen molar-refractivity contribution in [3.05, 3.63) is 10.1 Å². The van der Waals surface area contributed by atoms with Gasteiger partial charge in [-0.15, -0.1) is 10.1 Å². The van der Waals surface area contributed by atoms with E-state index in [1.807, 2.05) is 0 Å². The normalized spacial score (nSPS) is 8.25. The van der Waals surface area contributed by atoms with Crippen molar-refractivity contribution < 1.29 is 10.3 Å². The summed E-state index contributed by atoms with van der Waals surface area (Å²) in [4.78, 5) is 8.36. The quantitative estimate of drug-likeness (QED) is 0.0930. The first-order valence-corrected chi connectivity index (χ1v) is 4.67. The van der Waals surface area contributed by atoms with E-state index in [0.717, 1.165) is 6.42 Å². The molecule has 9 nitrogen and oxygen atoms in total. The smallest absolute Gasteiger partial charge is 0.291 e. The molecule has 0 aromatic rings. The maximum Gasteiger partial charge on any atom is 0.291 e. The minimum atomic E-state index is -1.50. The number of nitrogens with zero attached hydrogens (tertiary/aromatic N) is 1. The van der Waals surface area contributed by atoms with Crippen LogP contribution in [0.2, 0.25) is 0 Å². The lowest BCUT2D eigenvalue weighted by molar-refractivity contribution is -0.742. The Labute approximate surface area is 94.4 Å². The van der Waals surface area contributed by atoms with E-state index in [0.29, 0.717) is 0 Å². The maximum atomic E-state index is 8.36. The largest absolute Gasteiger partial charge is 0.370 e. The minimum absolute atomic E-state index is 0.0958. The molecule has 16 heavy (non-hydrogen) atoms. The van der Waals surface area contributed by atoms with Crippen LogP contribution in [0.5, 0.6) is 0 Å². The molecule has 0 fully saturated rings. The Hall–Kier alpha value is -1.61. The Morgan fingerprint density at radius 1 is 1.44 bits per heavy atom. The summed E-state index contributed by atoms with van der Waals surface area (Å²) in [6.45, 7) is 2.17. The van der Waals surface area contributed by atoms with Crippen LogP contribution < -0.4 is 22.9 Å². The van der Waals surface area contributed by atoms with Crippen molar-refractivity contribution in [3.63, 3.8) is 0 Å². The third kappa shape index (κ3) is 140. The number of guanidine groups is 1. The van der Waals surface area contributed by atoms with Gasteiger partial charge in [0, 0.05) is 0 Å². The van der Waals surface area contributed by atoms with E-state index in [9.17, 15) is 0 Å². The van der Waals surface area contributed by atoms with Crippen molar-refractivity contribution in [3.8, 4) is 0 Å². The molecule has 9 heteroatoms. The highest BCUT2D eigenvalue weighted by atomic mass is 16.9.